The lowest BCUT2D eigenvalue weighted by Gasteiger charge is -2.24. The van der Waals surface area contributed by atoms with Crippen molar-refractivity contribution in [3.05, 3.63) is 0 Å². The van der Waals surface area contributed by atoms with E-state index in [9.17, 15) is 9.46 Å². The van der Waals surface area contributed by atoms with Crippen molar-refractivity contribution in [3.8, 4) is 0 Å². The van der Waals surface area contributed by atoms with Gasteiger partial charge in [0.05, 0.1) is 27.7 Å². The van der Waals surface area contributed by atoms with Crippen LogP contribution in [0, 0.1) is 0 Å². The fourth-order valence-electron chi connectivity index (χ4n) is 2.60. The van der Waals surface area contributed by atoms with Crippen LogP contribution in [0.3, 0.4) is 0 Å². The lowest BCUT2D eigenvalue weighted by molar-refractivity contribution is -0.870. The van der Waals surface area contributed by atoms with Crippen molar-refractivity contribution in [1.29, 1.82) is 0 Å². The highest BCUT2D eigenvalue weighted by Crippen LogP contribution is 2.43. The predicted octanol–water partition coefficient (Wildman–Crippen LogP) is 5.15. The summed E-state index contributed by atoms with van der Waals surface area (Å²) in [5, 5.41) is 0. The summed E-state index contributed by atoms with van der Waals surface area (Å²) in [5.74, 6) is 0. The third-order valence-corrected chi connectivity index (χ3v) is 5.36. The second-order valence-electron chi connectivity index (χ2n) is 8.30. The number of nitrogens with zero attached hydrogens (tertiary/aromatic N) is 1. The predicted molar refractivity (Wildman–Crippen MR) is 112 cm³/mol. The Morgan fingerprint density at radius 2 is 1.19 bits per heavy atom. The van der Waals surface area contributed by atoms with Gasteiger partial charge in [0, 0.05) is 13.2 Å². The Balaban J connectivity index is 3.31. The van der Waals surface area contributed by atoms with Crippen LogP contribution in [0.1, 0.15) is 77.6 Å². The van der Waals surface area contributed by atoms with Gasteiger partial charge in [0.1, 0.15) is 13.2 Å². The second-order valence-corrected chi connectivity index (χ2v) is 9.75. The molecular weight excluding hydrogens is 365 g/mol. The van der Waals surface area contributed by atoms with Gasteiger partial charge in [0.25, 0.3) is 0 Å². The fourth-order valence-corrected chi connectivity index (χ4v) is 3.35. The van der Waals surface area contributed by atoms with E-state index in [0.717, 1.165) is 13.0 Å². The van der Waals surface area contributed by atoms with E-state index in [0.29, 0.717) is 24.1 Å². The average molecular weight is 411 g/mol. The lowest BCUT2D eigenvalue weighted by atomic mass is 10.1. The molecule has 7 heteroatoms. The molecular formula is C20H45NO5P+. The molecule has 1 unspecified atom stereocenters. The summed E-state index contributed by atoms with van der Waals surface area (Å²) in [6.45, 7) is 4.59. The quantitative estimate of drug-likeness (QED) is 0.171. The topological polar surface area (TPSA) is 65.0 Å². The minimum Gasteiger partial charge on any atom is -0.381 e. The van der Waals surface area contributed by atoms with E-state index in [1.165, 1.54) is 57.8 Å². The van der Waals surface area contributed by atoms with Crippen LogP contribution in [0.25, 0.3) is 0 Å². The molecule has 0 aromatic carbocycles. The van der Waals surface area contributed by atoms with Crippen molar-refractivity contribution in [3.63, 3.8) is 0 Å². The standard InChI is InChI=1S/C20H44NO5P/c1-5-6-7-8-9-10-11-12-13-14-17-24-18-15-19-25-27(22,23)26-20-16-21(2,3)4/h5-20H2,1-4H3/p+1. The summed E-state index contributed by atoms with van der Waals surface area (Å²) >= 11 is 0. The van der Waals surface area contributed by atoms with Crippen LogP contribution in [0.4, 0.5) is 0 Å². The van der Waals surface area contributed by atoms with Gasteiger partial charge in [-0.15, -0.1) is 0 Å². The molecule has 0 aliphatic heterocycles. The van der Waals surface area contributed by atoms with E-state index in [1.54, 1.807) is 0 Å². The largest absolute Gasteiger partial charge is 0.472 e. The summed E-state index contributed by atoms with van der Waals surface area (Å²) in [5.41, 5.74) is 0. The first-order valence-corrected chi connectivity index (χ1v) is 12.3. The van der Waals surface area contributed by atoms with Gasteiger partial charge in [0.2, 0.25) is 0 Å². The Morgan fingerprint density at radius 1 is 0.704 bits per heavy atom. The van der Waals surface area contributed by atoms with Crippen molar-refractivity contribution in [2.45, 2.75) is 77.6 Å². The zero-order valence-electron chi connectivity index (χ0n) is 18.3. The van der Waals surface area contributed by atoms with E-state index in [-0.39, 0.29) is 13.2 Å². The number of phosphoric acid groups is 1. The molecule has 27 heavy (non-hydrogen) atoms. The molecule has 0 aromatic rings. The molecule has 1 N–H and O–H groups in total. The third-order valence-electron chi connectivity index (χ3n) is 4.35. The molecule has 1 atom stereocenters. The van der Waals surface area contributed by atoms with E-state index in [1.807, 2.05) is 21.1 Å². The van der Waals surface area contributed by atoms with Crippen LogP contribution in [0.5, 0.6) is 0 Å². The first-order chi connectivity index (χ1) is 12.8. The Bertz CT molecular complexity index is 374. The minimum absolute atomic E-state index is 0.177. The zero-order valence-corrected chi connectivity index (χ0v) is 19.2. The van der Waals surface area contributed by atoms with Gasteiger partial charge in [-0.2, -0.15) is 0 Å². The third kappa shape index (κ3) is 22.2. The summed E-state index contributed by atoms with van der Waals surface area (Å²) in [6.07, 6.45) is 13.7. The van der Waals surface area contributed by atoms with Gasteiger partial charge in [0.15, 0.2) is 0 Å². The van der Waals surface area contributed by atoms with E-state index >= 15 is 0 Å². The molecule has 0 radical (unpaired) electrons. The van der Waals surface area contributed by atoms with Crippen molar-refractivity contribution in [1.82, 2.24) is 0 Å². The monoisotopic (exact) mass is 410 g/mol. The summed E-state index contributed by atoms with van der Waals surface area (Å²) in [6, 6.07) is 0. The highest BCUT2D eigenvalue weighted by molar-refractivity contribution is 7.47. The van der Waals surface area contributed by atoms with Gasteiger partial charge < -0.3 is 14.1 Å². The van der Waals surface area contributed by atoms with E-state index in [2.05, 4.69) is 6.92 Å². The molecule has 0 aliphatic carbocycles. The molecule has 0 heterocycles. The molecule has 0 bridgehead atoms. The summed E-state index contributed by atoms with van der Waals surface area (Å²) < 4.78 is 27.8. The molecule has 0 rings (SSSR count). The number of hydrogen-bond donors (Lipinski definition) is 1. The first kappa shape index (κ1) is 27.0. The highest BCUT2D eigenvalue weighted by Gasteiger charge is 2.21. The molecule has 6 nitrogen and oxygen atoms in total. The smallest absolute Gasteiger partial charge is 0.381 e. The summed E-state index contributed by atoms with van der Waals surface area (Å²) in [4.78, 5) is 9.58. The Kier molecular flexibility index (Phi) is 17.0. The Hall–Kier alpha value is 0.0300. The van der Waals surface area contributed by atoms with Crippen LogP contribution in [-0.2, 0) is 18.3 Å². The molecule has 0 saturated carbocycles. The Labute approximate surface area is 167 Å². The number of hydrogen-bond acceptors (Lipinski definition) is 4. The molecule has 164 valence electrons. The van der Waals surface area contributed by atoms with Crippen molar-refractivity contribution in [2.24, 2.45) is 0 Å². The van der Waals surface area contributed by atoms with Crippen LogP contribution in [-0.4, -0.2) is 63.5 Å². The molecule has 0 saturated heterocycles. The number of likely N-dealkylation sites (N-methyl/N-ethyl adjacent to an activating group) is 1. The molecule has 0 aliphatic rings. The maximum absolute atomic E-state index is 11.7. The lowest BCUT2D eigenvalue weighted by Crippen LogP contribution is -2.37. The zero-order chi connectivity index (χ0) is 20.4. The van der Waals surface area contributed by atoms with Gasteiger partial charge in [-0.1, -0.05) is 64.7 Å². The van der Waals surface area contributed by atoms with Gasteiger partial charge in [-0.05, 0) is 12.8 Å². The van der Waals surface area contributed by atoms with E-state index < -0.39 is 7.82 Å². The van der Waals surface area contributed by atoms with Crippen molar-refractivity contribution >= 4 is 7.82 Å². The van der Waals surface area contributed by atoms with Crippen molar-refractivity contribution < 1.29 is 27.7 Å². The van der Waals surface area contributed by atoms with Crippen molar-refractivity contribution in [2.75, 3.05) is 54.1 Å². The fraction of sp³-hybridized carbons (Fsp3) is 1.00. The number of ether oxygens (including phenoxy) is 1. The van der Waals surface area contributed by atoms with Gasteiger partial charge >= 0.3 is 7.82 Å². The average Bonchev–Trinajstić information content (AvgIpc) is 2.57. The number of phosphoric ester groups is 1. The number of quaternary nitrogens is 1. The molecule has 0 spiro atoms. The SMILES string of the molecule is CCCCCCCCCCCCOCCCOP(=O)(O)OCC[N+](C)(C)C. The highest BCUT2D eigenvalue weighted by atomic mass is 31.2. The first-order valence-electron chi connectivity index (χ1n) is 10.8. The normalized spacial score (nSPS) is 14.4. The van der Waals surface area contributed by atoms with Gasteiger partial charge in [-0.25, -0.2) is 4.57 Å². The molecule has 0 aromatic heterocycles. The molecule has 0 fully saturated rings. The number of rotatable bonds is 20. The van der Waals surface area contributed by atoms with E-state index in [4.69, 9.17) is 13.8 Å². The van der Waals surface area contributed by atoms with Crippen LogP contribution >= 0.6 is 7.82 Å². The minimum atomic E-state index is -3.93. The van der Waals surface area contributed by atoms with Crippen LogP contribution < -0.4 is 0 Å². The van der Waals surface area contributed by atoms with Crippen LogP contribution in [0.2, 0.25) is 0 Å². The van der Waals surface area contributed by atoms with Crippen LogP contribution in [0.15, 0.2) is 0 Å². The second kappa shape index (κ2) is 16.9. The maximum Gasteiger partial charge on any atom is 0.472 e. The summed E-state index contributed by atoms with van der Waals surface area (Å²) in [7, 11) is 2.06. The Morgan fingerprint density at radius 3 is 1.74 bits per heavy atom. The maximum atomic E-state index is 11.7. The molecule has 0 amide bonds. The van der Waals surface area contributed by atoms with Gasteiger partial charge in [-0.3, -0.25) is 9.05 Å². The number of unbranched alkanes of at least 4 members (excludes halogenated alkanes) is 9.